The molecular formula is C27H29F2N3O2. The lowest BCUT2D eigenvalue weighted by atomic mass is 10.0. The summed E-state index contributed by atoms with van der Waals surface area (Å²) in [6, 6.07) is 14.5. The molecule has 34 heavy (non-hydrogen) atoms. The highest BCUT2D eigenvalue weighted by Gasteiger charge is 2.22. The fourth-order valence-electron chi connectivity index (χ4n) is 4.70. The molecule has 1 fully saturated rings. The summed E-state index contributed by atoms with van der Waals surface area (Å²) >= 11 is 0. The van der Waals surface area contributed by atoms with Gasteiger partial charge in [0.05, 0.1) is 6.20 Å². The van der Waals surface area contributed by atoms with E-state index in [1.54, 1.807) is 24.5 Å². The summed E-state index contributed by atoms with van der Waals surface area (Å²) in [7, 11) is 0. The van der Waals surface area contributed by atoms with Crippen molar-refractivity contribution >= 4 is 0 Å². The van der Waals surface area contributed by atoms with Gasteiger partial charge in [-0.25, -0.2) is 8.78 Å². The van der Waals surface area contributed by atoms with E-state index in [1.165, 1.54) is 5.56 Å². The Morgan fingerprint density at radius 2 is 1.85 bits per heavy atom. The number of nitrogens with zero attached hydrogens (tertiary/aromatic N) is 3. The Labute approximate surface area is 198 Å². The van der Waals surface area contributed by atoms with Gasteiger partial charge in [0, 0.05) is 56.6 Å². The third-order valence-corrected chi connectivity index (χ3v) is 6.49. The van der Waals surface area contributed by atoms with E-state index in [2.05, 4.69) is 26.9 Å². The second kappa shape index (κ2) is 10.5. The molecule has 0 saturated carbocycles. The number of pyridine rings is 1. The number of fused-ring (bicyclic) bond motifs is 1. The SMILES string of the molecule is Fc1cccc(CN2CCOc3ccc(CN4CCC(Oc5cccnc5)CC4)cc3C2)c1F. The van der Waals surface area contributed by atoms with E-state index in [9.17, 15) is 8.78 Å². The molecule has 3 aromatic rings. The molecule has 0 aliphatic carbocycles. The van der Waals surface area contributed by atoms with Gasteiger partial charge in [0.25, 0.3) is 0 Å². The van der Waals surface area contributed by atoms with Gasteiger partial charge in [0.1, 0.15) is 24.2 Å². The zero-order valence-corrected chi connectivity index (χ0v) is 19.1. The van der Waals surface area contributed by atoms with Gasteiger partial charge in [-0.2, -0.15) is 0 Å². The maximum atomic E-state index is 14.2. The molecule has 5 rings (SSSR count). The van der Waals surface area contributed by atoms with Crippen molar-refractivity contribution in [1.82, 2.24) is 14.8 Å². The maximum Gasteiger partial charge on any atom is 0.163 e. The van der Waals surface area contributed by atoms with Crippen LogP contribution in [-0.4, -0.2) is 47.1 Å². The quantitative estimate of drug-likeness (QED) is 0.523. The number of rotatable bonds is 6. The van der Waals surface area contributed by atoms with Crippen molar-refractivity contribution in [1.29, 1.82) is 0 Å². The lowest BCUT2D eigenvalue weighted by molar-refractivity contribution is 0.0965. The van der Waals surface area contributed by atoms with Crippen LogP contribution in [0.2, 0.25) is 0 Å². The molecule has 3 heterocycles. The smallest absolute Gasteiger partial charge is 0.163 e. The Morgan fingerprint density at radius 1 is 0.971 bits per heavy atom. The number of aromatic nitrogens is 1. The highest BCUT2D eigenvalue weighted by molar-refractivity contribution is 5.38. The second-order valence-electron chi connectivity index (χ2n) is 9.00. The van der Waals surface area contributed by atoms with E-state index in [0.717, 1.165) is 55.6 Å². The third kappa shape index (κ3) is 5.54. The molecule has 0 spiro atoms. The molecule has 0 N–H and O–H groups in total. The van der Waals surface area contributed by atoms with Crippen LogP contribution in [-0.2, 0) is 19.6 Å². The zero-order valence-electron chi connectivity index (χ0n) is 19.1. The van der Waals surface area contributed by atoms with Gasteiger partial charge in [-0.15, -0.1) is 0 Å². The van der Waals surface area contributed by atoms with E-state index >= 15 is 0 Å². The van der Waals surface area contributed by atoms with Crippen molar-refractivity contribution < 1.29 is 18.3 Å². The van der Waals surface area contributed by atoms with Crippen LogP contribution in [0, 0.1) is 11.6 Å². The highest BCUT2D eigenvalue weighted by Crippen LogP contribution is 2.27. The van der Waals surface area contributed by atoms with Gasteiger partial charge >= 0.3 is 0 Å². The summed E-state index contributed by atoms with van der Waals surface area (Å²) in [5, 5.41) is 0. The van der Waals surface area contributed by atoms with Crippen molar-refractivity contribution in [3.63, 3.8) is 0 Å². The van der Waals surface area contributed by atoms with Gasteiger partial charge in [0.15, 0.2) is 11.6 Å². The number of likely N-dealkylation sites (tertiary alicyclic amines) is 1. The molecule has 1 saturated heterocycles. The number of hydrogen-bond donors (Lipinski definition) is 0. The predicted molar refractivity (Wildman–Crippen MR) is 126 cm³/mol. The summed E-state index contributed by atoms with van der Waals surface area (Å²) in [6.45, 7) is 4.98. The largest absolute Gasteiger partial charge is 0.492 e. The molecule has 2 aromatic carbocycles. The van der Waals surface area contributed by atoms with Gasteiger partial charge in [-0.1, -0.05) is 18.2 Å². The molecule has 0 atom stereocenters. The monoisotopic (exact) mass is 465 g/mol. The van der Waals surface area contributed by atoms with Gasteiger partial charge in [0.2, 0.25) is 0 Å². The van der Waals surface area contributed by atoms with Crippen molar-refractivity contribution in [2.45, 2.75) is 38.6 Å². The van der Waals surface area contributed by atoms with Crippen molar-refractivity contribution in [3.8, 4) is 11.5 Å². The average Bonchev–Trinajstić information content (AvgIpc) is 3.05. The van der Waals surface area contributed by atoms with Gasteiger partial charge in [-0.3, -0.25) is 14.8 Å². The van der Waals surface area contributed by atoms with Gasteiger partial charge in [-0.05, 0) is 48.7 Å². The van der Waals surface area contributed by atoms with Crippen LogP contribution in [0.15, 0.2) is 60.9 Å². The fraction of sp³-hybridized carbons (Fsp3) is 0.370. The van der Waals surface area contributed by atoms with Crippen molar-refractivity contribution in [2.24, 2.45) is 0 Å². The van der Waals surface area contributed by atoms with Crippen LogP contribution < -0.4 is 9.47 Å². The van der Waals surface area contributed by atoms with Crippen molar-refractivity contribution in [3.05, 3.63) is 89.2 Å². The molecule has 2 aliphatic heterocycles. The highest BCUT2D eigenvalue weighted by atomic mass is 19.2. The average molecular weight is 466 g/mol. The summed E-state index contributed by atoms with van der Waals surface area (Å²) < 4.78 is 39.8. The fourth-order valence-corrected chi connectivity index (χ4v) is 4.70. The molecule has 7 heteroatoms. The topological polar surface area (TPSA) is 37.8 Å². The number of piperidine rings is 1. The first-order valence-electron chi connectivity index (χ1n) is 11.8. The summed E-state index contributed by atoms with van der Waals surface area (Å²) in [6.07, 6.45) is 5.69. The predicted octanol–water partition coefficient (Wildman–Crippen LogP) is 4.80. The molecule has 0 unspecified atom stereocenters. The molecule has 0 radical (unpaired) electrons. The first kappa shape index (κ1) is 22.7. The molecule has 5 nitrogen and oxygen atoms in total. The Balaban J connectivity index is 1.19. The van der Waals surface area contributed by atoms with Crippen LogP contribution in [0.25, 0.3) is 0 Å². The number of benzene rings is 2. The van der Waals surface area contributed by atoms with Crippen molar-refractivity contribution in [2.75, 3.05) is 26.2 Å². The van der Waals surface area contributed by atoms with Crippen LogP contribution in [0.1, 0.15) is 29.5 Å². The van der Waals surface area contributed by atoms with Crippen LogP contribution in [0.4, 0.5) is 8.78 Å². The molecule has 178 valence electrons. The number of ether oxygens (including phenoxy) is 2. The minimum Gasteiger partial charge on any atom is -0.492 e. The summed E-state index contributed by atoms with van der Waals surface area (Å²) in [5.74, 6) is 0.127. The van der Waals surface area contributed by atoms with Gasteiger partial charge < -0.3 is 9.47 Å². The summed E-state index contributed by atoms with van der Waals surface area (Å²) in [4.78, 5) is 8.67. The number of halogens is 2. The number of hydrogen-bond acceptors (Lipinski definition) is 5. The van der Waals surface area contributed by atoms with Crippen LogP contribution in [0.3, 0.4) is 0 Å². The Hall–Kier alpha value is -3.03. The van der Waals surface area contributed by atoms with E-state index in [1.807, 2.05) is 18.2 Å². The van der Waals surface area contributed by atoms with E-state index < -0.39 is 11.6 Å². The standard InChI is InChI=1S/C27H29F2N3O2/c28-25-5-1-3-21(27(25)29)18-32-13-14-33-26-7-6-20(15-22(26)19-32)17-31-11-8-23(9-12-31)34-24-4-2-10-30-16-24/h1-7,10,15-16,23H,8-9,11-14,17-19H2. The molecule has 2 aliphatic rings. The first-order chi connectivity index (χ1) is 16.6. The Morgan fingerprint density at radius 3 is 2.68 bits per heavy atom. The molecule has 0 amide bonds. The Bertz CT molecular complexity index is 1100. The molecular weight excluding hydrogens is 436 g/mol. The van der Waals surface area contributed by atoms with Crippen LogP contribution >= 0.6 is 0 Å². The van der Waals surface area contributed by atoms with Crippen LogP contribution in [0.5, 0.6) is 11.5 Å². The van der Waals surface area contributed by atoms with E-state index in [-0.39, 0.29) is 6.10 Å². The lowest BCUT2D eigenvalue weighted by Gasteiger charge is -2.32. The summed E-state index contributed by atoms with van der Waals surface area (Å²) in [5.41, 5.74) is 2.69. The Kier molecular flexibility index (Phi) is 7.02. The zero-order chi connectivity index (χ0) is 23.3. The normalized spacial score (nSPS) is 17.6. The molecule has 1 aromatic heterocycles. The molecule has 0 bridgehead atoms. The second-order valence-corrected chi connectivity index (χ2v) is 9.00. The maximum absolute atomic E-state index is 14.2. The lowest BCUT2D eigenvalue weighted by Crippen LogP contribution is -2.37. The van der Waals surface area contributed by atoms with E-state index in [0.29, 0.717) is 31.8 Å². The first-order valence-corrected chi connectivity index (χ1v) is 11.8. The van der Waals surface area contributed by atoms with E-state index in [4.69, 9.17) is 9.47 Å². The minimum absolute atomic E-state index is 0.220. The third-order valence-electron chi connectivity index (χ3n) is 6.49. The minimum atomic E-state index is -0.805.